The van der Waals surface area contributed by atoms with Gasteiger partial charge >= 0.3 is 0 Å². The van der Waals surface area contributed by atoms with Gasteiger partial charge in [0, 0.05) is 36.1 Å². The molecule has 0 aliphatic carbocycles. The molecule has 5 nitrogen and oxygen atoms in total. The van der Waals surface area contributed by atoms with Crippen molar-refractivity contribution in [3.05, 3.63) is 89.5 Å². The summed E-state index contributed by atoms with van der Waals surface area (Å²) in [6.07, 6.45) is 6.27. The van der Waals surface area contributed by atoms with E-state index in [1.165, 1.54) is 11.3 Å². The normalized spacial score (nSPS) is 11.3. The number of amides is 1. The topological polar surface area (TPSA) is 51.0 Å². The molecular weight excluding hydrogens is 440 g/mol. The van der Waals surface area contributed by atoms with Crippen LogP contribution in [0.2, 0.25) is 5.02 Å². The summed E-state index contributed by atoms with van der Waals surface area (Å²) in [6.45, 7) is 3.32. The molecule has 5 aromatic rings. The maximum absolute atomic E-state index is 13.8. The van der Waals surface area contributed by atoms with Crippen LogP contribution >= 0.6 is 22.9 Å². The lowest BCUT2D eigenvalue weighted by atomic mass is 10.0. The Labute approximate surface area is 194 Å². The van der Waals surface area contributed by atoms with Gasteiger partial charge in [0.05, 0.1) is 16.5 Å². The number of nitrogens with zero attached hydrogens (tertiary/aromatic N) is 4. The summed E-state index contributed by atoms with van der Waals surface area (Å²) in [5, 5.41) is 3.36. The summed E-state index contributed by atoms with van der Waals surface area (Å²) in [4.78, 5) is 24.6. The number of carbonyl (C=O) groups is 1. The van der Waals surface area contributed by atoms with Crippen LogP contribution in [-0.4, -0.2) is 27.0 Å². The average Bonchev–Trinajstić information content (AvgIpc) is 3.46. The van der Waals surface area contributed by atoms with Crippen LogP contribution in [-0.2, 0) is 6.54 Å². The fraction of sp³-hybridized carbons (Fsp3) is 0.160. The molecule has 0 bridgehead atoms. The first-order valence-electron chi connectivity index (χ1n) is 10.4. The molecule has 0 aliphatic heterocycles. The van der Waals surface area contributed by atoms with E-state index < -0.39 is 0 Å². The number of aromatic nitrogens is 3. The van der Waals surface area contributed by atoms with Crippen LogP contribution in [0.25, 0.3) is 21.0 Å². The predicted octanol–water partition coefficient (Wildman–Crippen LogP) is 6.34. The Morgan fingerprint density at radius 2 is 2.00 bits per heavy atom. The van der Waals surface area contributed by atoms with Crippen LogP contribution in [0, 0.1) is 6.92 Å². The van der Waals surface area contributed by atoms with Gasteiger partial charge in [-0.15, -0.1) is 0 Å². The minimum atomic E-state index is -0.0461. The molecule has 0 unspecified atom stereocenters. The van der Waals surface area contributed by atoms with Gasteiger partial charge in [-0.25, -0.2) is 9.97 Å². The summed E-state index contributed by atoms with van der Waals surface area (Å²) in [7, 11) is 0. The lowest BCUT2D eigenvalue weighted by Crippen LogP contribution is -2.32. The summed E-state index contributed by atoms with van der Waals surface area (Å²) < 4.78 is 3.00. The van der Waals surface area contributed by atoms with Crippen molar-refractivity contribution in [2.45, 2.75) is 19.9 Å². The van der Waals surface area contributed by atoms with Gasteiger partial charge in [-0.3, -0.25) is 9.69 Å². The second kappa shape index (κ2) is 8.73. The van der Waals surface area contributed by atoms with Crippen molar-refractivity contribution in [1.82, 2.24) is 14.5 Å². The van der Waals surface area contributed by atoms with Crippen molar-refractivity contribution >= 4 is 55.0 Å². The lowest BCUT2D eigenvalue weighted by molar-refractivity contribution is 0.0988. The number of imidazole rings is 1. The van der Waals surface area contributed by atoms with Gasteiger partial charge < -0.3 is 4.57 Å². The zero-order valence-electron chi connectivity index (χ0n) is 17.5. The molecule has 0 spiro atoms. The van der Waals surface area contributed by atoms with Crippen molar-refractivity contribution in [2.75, 3.05) is 11.4 Å². The number of thiazole rings is 1. The molecule has 2 aromatic heterocycles. The molecular formula is C25H21ClN4OS. The lowest BCUT2D eigenvalue weighted by Gasteiger charge is -2.21. The van der Waals surface area contributed by atoms with Crippen molar-refractivity contribution in [2.24, 2.45) is 0 Å². The Bertz CT molecular complexity index is 1410. The molecule has 32 heavy (non-hydrogen) atoms. The van der Waals surface area contributed by atoms with Gasteiger partial charge in [-0.1, -0.05) is 59.3 Å². The van der Waals surface area contributed by atoms with Gasteiger partial charge in [0.2, 0.25) is 0 Å². The Kier molecular flexibility index (Phi) is 5.64. The second-order valence-electron chi connectivity index (χ2n) is 7.70. The van der Waals surface area contributed by atoms with E-state index in [9.17, 15) is 4.79 Å². The number of hydrogen-bond acceptors (Lipinski definition) is 4. The standard InChI is InChI=1S/C25H21ClN4OS/c1-17-14-19(26)15-22-23(17)28-25(32-22)30(12-5-11-29-13-10-27-16-29)24(31)21-9-4-7-18-6-2-3-8-20(18)21/h2-4,6-10,13-16H,5,11-12H2,1H3. The van der Waals surface area contributed by atoms with E-state index in [0.29, 0.717) is 22.3 Å². The van der Waals surface area contributed by atoms with Crippen molar-refractivity contribution in [1.29, 1.82) is 0 Å². The van der Waals surface area contributed by atoms with Gasteiger partial charge in [0.25, 0.3) is 5.91 Å². The summed E-state index contributed by atoms with van der Waals surface area (Å²) in [6, 6.07) is 17.6. The van der Waals surface area contributed by atoms with Crippen LogP contribution in [0.3, 0.4) is 0 Å². The number of anilines is 1. The van der Waals surface area contributed by atoms with Crippen LogP contribution in [0.4, 0.5) is 5.13 Å². The third kappa shape index (κ3) is 3.99. The third-order valence-electron chi connectivity index (χ3n) is 5.49. The van der Waals surface area contributed by atoms with E-state index >= 15 is 0 Å². The van der Waals surface area contributed by atoms with E-state index in [-0.39, 0.29) is 5.91 Å². The van der Waals surface area contributed by atoms with Crippen molar-refractivity contribution < 1.29 is 4.79 Å². The molecule has 160 valence electrons. The molecule has 0 saturated heterocycles. The molecule has 7 heteroatoms. The van der Waals surface area contributed by atoms with Crippen LogP contribution in [0.5, 0.6) is 0 Å². The first-order chi connectivity index (χ1) is 15.6. The number of fused-ring (bicyclic) bond motifs is 2. The van der Waals surface area contributed by atoms with Crippen LogP contribution in [0.1, 0.15) is 22.3 Å². The molecule has 0 N–H and O–H groups in total. The highest BCUT2D eigenvalue weighted by atomic mass is 35.5. The number of rotatable bonds is 6. The summed E-state index contributed by atoms with van der Waals surface area (Å²) >= 11 is 7.77. The second-order valence-corrected chi connectivity index (χ2v) is 9.15. The smallest absolute Gasteiger partial charge is 0.260 e. The number of carbonyl (C=O) groups excluding carboxylic acids is 1. The largest absolute Gasteiger partial charge is 0.337 e. The highest BCUT2D eigenvalue weighted by molar-refractivity contribution is 7.22. The van der Waals surface area contributed by atoms with E-state index in [2.05, 4.69) is 4.98 Å². The molecule has 2 heterocycles. The van der Waals surface area contributed by atoms with Gasteiger partial charge in [0.1, 0.15) is 0 Å². The maximum Gasteiger partial charge on any atom is 0.260 e. The highest BCUT2D eigenvalue weighted by Gasteiger charge is 2.23. The van der Waals surface area contributed by atoms with Crippen molar-refractivity contribution in [3.63, 3.8) is 0 Å². The van der Waals surface area contributed by atoms with E-state index in [0.717, 1.165) is 39.5 Å². The first-order valence-corrected chi connectivity index (χ1v) is 11.6. The fourth-order valence-corrected chi connectivity index (χ4v) is 5.37. The Morgan fingerprint density at radius 1 is 1.16 bits per heavy atom. The summed E-state index contributed by atoms with van der Waals surface area (Å²) in [5.41, 5.74) is 2.57. The van der Waals surface area contributed by atoms with Gasteiger partial charge in [-0.2, -0.15) is 0 Å². The highest BCUT2D eigenvalue weighted by Crippen LogP contribution is 2.34. The number of hydrogen-bond donors (Lipinski definition) is 0. The Hall–Kier alpha value is -3.22. The molecule has 0 radical (unpaired) electrons. The van der Waals surface area contributed by atoms with E-state index in [4.69, 9.17) is 16.6 Å². The minimum absolute atomic E-state index is 0.0461. The van der Waals surface area contributed by atoms with Crippen LogP contribution in [0.15, 0.2) is 73.3 Å². The minimum Gasteiger partial charge on any atom is -0.337 e. The third-order valence-corrected chi connectivity index (χ3v) is 6.74. The van der Waals surface area contributed by atoms with Gasteiger partial charge in [-0.05, 0) is 47.9 Å². The predicted molar refractivity (Wildman–Crippen MR) is 132 cm³/mol. The molecule has 3 aromatic carbocycles. The molecule has 5 rings (SSSR count). The monoisotopic (exact) mass is 460 g/mol. The van der Waals surface area contributed by atoms with E-state index in [1.807, 2.05) is 72.3 Å². The molecule has 0 saturated carbocycles. The zero-order valence-corrected chi connectivity index (χ0v) is 19.1. The Balaban J connectivity index is 1.54. The molecule has 0 aliphatic rings. The molecule has 0 atom stereocenters. The average molecular weight is 461 g/mol. The zero-order chi connectivity index (χ0) is 22.1. The Morgan fingerprint density at radius 3 is 2.84 bits per heavy atom. The maximum atomic E-state index is 13.8. The number of aryl methyl sites for hydroxylation is 2. The fourth-order valence-electron chi connectivity index (χ4n) is 3.93. The van der Waals surface area contributed by atoms with Crippen LogP contribution < -0.4 is 4.90 Å². The number of benzene rings is 3. The van der Waals surface area contributed by atoms with Crippen molar-refractivity contribution in [3.8, 4) is 0 Å². The first kappa shape index (κ1) is 20.7. The molecule has 1 amide bonds. The summed E-state index contributed by atoms with van der Waals surface area (Å²) in [5.74, 6) is -0.0461. The quantitative estimate of drug-likeness (QED) is 0.297. The van der Waals surface area contributed by atoms with E-state index in [1.54, 1.807) is 17.4 Å². The SMILES string of the molecule is Cc1cc(Cl)cc2sc(N(CCCn3ccnc3)C(=O)c3cccc4ccccc34)nc12. The molecule has 0 fully saturated rings. The van der Waals surface area contributed by atoms with Gasteiger partial charge in [0.15, 0.2) is 5.13 Å². The number of halogens is 1.